The monoisotopic (exact) mass is 302 g/mol. The Hall–Kier alpha value is -1.91. The van der Waals surface area contributed by atoms with Gasteiger partial charge in [0.05, 0.1) is 15.6 Å². The summed E-state index contributed by atoms with van der Waals surface area (Å²) in [6, 6.07) is 11.5. The summed E-state index contributed by atoms with van der Waals surface area (Å²) >= 11 is 7.39. The van der Waals surface area contributed by atoms with Gasteiger partial charge >= 0.3 is 0 Å². The Morgan fingerprint density at radius 3 is 2.65 bits per heavy atom. The third-order valence-electron chi connectivity index (χ3n) is 3.00. The van der Waals surface area contributed by atoms with E-state index in [1.165, 1.54) is 11.3 Å². The van der Waals surface area contributed by atoms with Crippen LogP contribution in [0.15, 0.2) is 46.6 Å². The Kier molecular flexibility index (Phi) is 3.42. The highest BCUT2D eigenvalue weighted by Gasteiger charge is 2.12. The van der Waals surface area contributed by atoms with Crippen molar-refractivity contribution >= 4 is 22.9 Å². The summed E-state index contributed by atoms with van der Waals surface area (Å²) in [7, 11) is 0. The van der Waals surface area contributed by atoms with E-state index < -0.39 is 0 Å². The van der Waals surface area contributed by atoms with Crippen molar-refractivity contribution in [2.75, 3.05) is 0 Å². The first-order chi connectivity index (χ1) is 9.65. The van der Waals surface area contributed by atoms with E-state index in [1.807, 2.05) is 35.7 Å². The first kappa shape index (κ1) is 13.1. The molecule has 0 amide bonds. The Balaban J connectivity index is 2.21. The lowest BCUT2D eigenvalue weighted by Crippen LogP contribution is -2.13. The van der Waals surface area contributed by atoms with Crippen molar-refractivity contribution in [3.8, 4) is 22.0 Å². The summed E-state index contributed by atoms with van der Waals surface area (Å²) in [6.45, 7) is 1.78. The normalized spacial score (nSPS) is 10.7. The zero-order valence-corrected chi connectivity index (χ0v) is 12.3. The molecule has 0 radical (unpaired) electrons. The number of nitrogens with zero attached hydrogens (tertiary/aromatic N) is 1. The molecule has 0 aliphatic carbocycles. The summed E-state index contributed by atoms with van der Waals surface area (Å²) in [4.78, 5) is 20.3. The molecule has 2 heterocycles. The molecule has 0 aliphatic rings. The summed E-state index contributed by atoms with van der Waals surface area (Å²) in [5.41, 5.74) is 2.12. The van der Waals surface area contributed by atoms with E-state index >= 15 is 0 Å². The lowest BCUT2D eigenvalue weighted by Gasteiger charge is -2.06. The van der Waals surface area contributed by atoms with Crippen LogP contribution in [0.5, 0.6) is 0 Å². The van der Waals surface area contributed by atoms with Gasteiger partial charge in [-0.25, -0.2) is 4.98 Å². The van der Waals surface area contributed by atoms with Crippen molar-refractivity contribution < 1.29 is 0 Å². The number of H-pyrrole nitrogens is 1. The van der Waals surface area contributed by atoms with Crippen molar-refractivity contribution in [2.24, 2.45) is 0 Å². The molecule has 0 bridgehead atoms. The number of rotatable bonds is 2. The maximum atomic E-state index is 12.1. The van der Waals surface area contributed by atoms with E-state index in [0.29, 0.717) is 22.1 Å². The van der Waals surface area contributed by atoms with Crippen LogP contribution in [0.2, 0.25) is 5.02 Å². The minimum atomic E-state index is -0.127. The van der Waals surface area contributed by atoms with Gasteiger partial charge < -0.3 is 4.98 Å². The summed E-state index contributed by atoms with van der Waals surface area (Å²) in [5.74, 6) is 0.552. The van der Waals surface area contributed by atoms with Gasteiger partial charge in [-0.2, -0.15) is 0 Å². The molecule has 1 N–H and O–H groups in total. The molecule has 3 rings (SSSR count). The maximum Gasteiger partial charge on any atom is 0.254 e. The zero-order valence-electron chi connectivity index (χ0n) is 10.7. The Labute approximate surface area is 124 Å². The molecule has 0 aliphatic heterocycles. The Morgan fingerprint density at radius 1 is 1.25 bits per heavy atom. The van der Waals surface area contributed by atoms with Crippen molar-refractivity contribution in [2.45, 2.75) is 6.92 Å². The molecule has 100 valence electrons. The smallest absolute Gasteiger partial charge is 0.254 e. The molecule has 0 unspecified atom stereocenters. The van der Waals surface area contributed by atoms with Crippen molar-refractivity contribution in [3.63, 3.8) is 0 Å². The molecular formula is C15H11ClN2OS. The fourth-order valence-corrected chi connectivity index (χ4v) is 2.98. The van der Waals surface area contributed by atoms with Crippen molar-refractivity contribution in [3.05, 3.63) is 62.7 Å². The number of hydrogen-bond acceptors (Lipinski definition) is 3. The van der Waals surface area contributed by atoms with Crippen LogP contribution < -0.4 is 5.56 Å². The van der Waals surface area contributed by atoms with Crippen LogP contribution >= 0.6 is 22.9 Å². The fraction of sp³-hybridized carbons (Fsp3) is 0.0667. The largest absolute Gasteiger partial charge is 0.306 e. The topological polar surface area (TPSA) is 45.8 Å². The van der Waals surface area contributed by atoms with Gasteiger partial charge in [0.25, 0.3) is 5.56 Å². The average molecular weight is 303 g/mol. The quantitative estimate of drug-likeness (QED) is 0.773. The van der Waals surface area contributed by atoms with Gasteiger partial charge in [-0.1, -0.05) is 41.9 Å². The molecule has 3 nitrogen and oxygen atoms in total. The van der Waals surface area contributed by atoms with Crippen LogP contribution in [-0.2, 0) is 0 Å². The lowest BCUT2D eigenvalue weighted by atomic mass is 10.1. The first-order valence-corrected chi connectivity index (χ1v) is 7.31. The highest BCUT2D eigenvalue weighted by molar-refractivity contribution is 7.14. The number of aromatic nitrogens is 2. The molecular weight excluding hydrogens is 292 g/mol. The molecule has 0 saturated carbocycles. The molecule has 0 atom stereocenters. The third kappa shape index (κ3) is 2.40. The van der Waals surface area contributed by atoms with Gasteiger partial charge in [0, 0.05) is 16.5 Å². The zero-order chi connectivity index (χ0) is 14.1. The van der Waals surface area contributed by atoms with Crippen LogP contribution in [-0.4, -0.2) is 9.97 Å². The predicted molar refractivity (Wildman–Crippen MR) is 83.4 cm³/mol. The second-order valence-electron chi connectivity index (χ2n) is 4.38. The van der Waals surface area contributed by atoms with Gasteiger partial charge in [0.15, 0.2) is 5.82 Å². The molecule has 3 aromatic rings. The average Bonchev–Trinajstić information content (AvgIpc) is 2.89. The van der Waals surface area contributed by atoms with Gasteiger partial charge in [0.2, 0.25) is 0 Å². The molecule has 0 spiro atoms. The van der Waals surface area contributed by atoms with E-state index in [4.69, 9.17) is 11.6 Å². The van der Waals surface area contributed by atoms with Crippen LogP contribution in [0.25, 0.3) is 22.0 Å². The Morgan fingerprint density at radius 2 is 2.00 bits per heavy atom. The van der Waals surface area contributed by atoms with E-state index in [2.05, 4.69) is 9.97 Å². The number of nitrogens with one attached hydrogen (secondary N) is 1. The van der Waals surface area contributed by atoms with E-state index in [0.717, 1.165) is 10.4 Å². The second kappa shape index (κ2) is 5.23. The fourth-order valence-electron chi connectivity index (χ4n) is 1.96. The Bertz CT molecular complexity index is 808. The standard InChI is InChI=1S/C15H11ClN2OS/c1-9-13(10-5-3-2-4-6-10)17-14(18-15(9)19)12-7-11(16)8-20-12/h2-8H,1H3,(H,17,18,19). The van der Waals surface area contributed by atoms with Gasteiger partial charge in [0.1, 0.15) is 0 Å². The lowest BCUT2D eigenvalue weighted by molar-refractivity contribution is 1.10. The third-order valence-corrected chi connectivity index (χ3v) is 4.28. The number of hydrogen-bond donors (Lipinski definition) is 1. The second-order valence-corrected chi connectivity index (χ2v) is 5.73. The van der Waals surface area contributed by atoms with E-state index in [-0.39, 0.29) is 5.56 Å². The SMILES string of the molecule is Cc1c(-c2ccccc2)nc(-c2cc(Cl)cs2)[nH]c1=O. The van der Waals surface area contributed by atoms with Crippen molar-refractivity contribution in [1.82, 2.24) is 9.97 Å². The highest BCUT2D eigenvalue weighted by Crippen LogP contribution is 2.28. The molecule has 2 aromatic heterocycles. The van der Waals surface area contributed by atoms with Crippen LogP contribution in [0, 0.1) is 6.92 Å². The minimum Gasteiger partial charge on any atom is -0.306 e. The van der Waals surface area contributed by atoms with Crippen molar-refractivity contribution in [1.29, 1.82) is 0 Å². The van der Waals surface area contributed by atoms with Gasteiger partial charge in [-0.05, 0) is 13.0 Å². The maximum absolute atomic E-state index is 12.1. The molecule has 5 heteroatoms. The van der Waals surface area contributed by atoms with Crippen LogP contribution in [0.4, 0.5) is 0 Å². The molecule has 0 fully saturated rings. The van der Waals surface area contributed by atoms with Gasteiger partial charge in [-0.15, -0.1) is 11.3 Å². The predicted octanol–water partition coefficient (Wildman–Crippen LogP) is 4.13. The molecule has 0 saturated heterocycles. The van der Waals surface area contributed by atoms with E-state index in [9.17, 15) is 4.79 Å². The summed E-state index contributed by atoms with van der Waals surface area (Å²) in [5, 5.41) is 2.47. The number of thiophene rings is 1. The van der Waals surface area contributed by atoms with E-state index in [1.54, 1.807) is 13.0 Å². The summed E-state index contributed by atoms with van der Waals surface area (Å²) < 4.78 is 0. The van der Waals surface area contributed by atoms with Crippen LogP contribution in [0.3, 0.4) is 0 Å². The number of halogens is 1. The van der Waals surface area contributed by atoms with Crippen LogP contribution in [0.1, 0.15) is 5.56 Å². The minimum absolute atomic E-state index is 0.127. The number of benzene rings is 1. The molecule has 20 heavy (non-hydrogen) atoms. The summed E-state index contributed by atoms with van der Waals surface area (Å²) in [6.07, 6.45) is 0. The van der Waals surface area contributed by atoms with Gasteiger partial charge in [-0.3, -0.25) is 4.79 Å². The molecule has 1 aromatic carbocycles. The number of aromatic amines is 1. The highest BCUT2D eigenvalue weighted by atomic mass is 35.5. The first-order valence-electron chi connectivity index (χ1n) is 6.06.